The molecule has 3 aliphatic rings. The first-order chi connectivity index (χ1) is 11.0. The van der Waals surface area contributed by atoms with E-state index in [4.69, 9.17) is 4.98 Å². The van der Waals surface area contributed by atoms with Gasteiger partial charge in [0.1, 0.15) is 5.01 Å². The van der Waals surface area contributed by atoms with Gasteiger partial charge in [0.2, 0.25) is 10.0 Å². The van der Waals surface area contributed by atoms with Gasteiger partial charge in [0.05, 0.1) is 17.5 Å². The Labute approximate surface area is 142 Å². The van der Waals surface area contributed by atoms with Crippen LogP contribution in [0, 0.1) is 0 Å². The molecule has 7 heteroatoms. The van der Waals surface area contributed by atoms with E-state index >= 15 is 0 Å². The predicted molar refractivity (Wildman–Crippen MR) is 92.1 cm³/mol. The lowest BCUT2D eigenvalue weighted by atomic mass is 10.1. The largest absolute Gasteiger partial charge is 0.297 e. The number of aryl methyl sites for hydroxylation is 2. The predicted octanol–water partition coefficient (Wildman–Crippen LogP) is 2.02. The molecule has 0 atom stereocenters. The minimum Gasteiger partial charge on any atom is -0.297 e. The fourth-order valence-electron chi connectivity index (χ4n) is 3.75. The Morgan fingerprint density at radius 3 is 2.61 bits per heavy atom. The van der Waals surface area contributed by atoms with E-state index in [1.807, 2.05) is 11.3 Å². The molecule has 1 saturated carbocycles. The van der Waals surface area contributed by atoms with E-state index < -0.39 is 10.0 Å². The molecule has 2 heterocycles. The first kappa shape index (κ1) is 16.0. The van der Waals surface area contributed by atoms with Gasteiger partial charge in [0.25, 0.3) is 0 Å². The molecule has 0 aromatic carbocycles. The van der Waals surface area contributed by atoms with Crippen molar-refractivity contribution in [3.8, 4) is 0 Å². The average molecular weight is 356 g/mol. The van der Waals surface area contributed by atoms with Crippen molar-refractivity contribution < 1.29 is 8.42 Å². The van der Waals surface area contributed by atoms with E-state index in [-0.39, 0.29) is 11.3 Å². The number of aromatic nitrogens is 1. The monoisotopic (exact) mass is 355 g/mol. The minimum absolute atomic E-state index is 0.0942. The SMILES string of the molecule is CN(C1CCN(Cc2nc3c(s2)CCC3)CC1)S(=O)(=O)C1CC1. The maximum Gasteiger partial charge on any atom is 0.216 e. The first-order valence-electron chi connectivity index (χ1n) is 8.70. The number of likely N-dealkylation sites (tertiary alicyclic amines) is 1. The molecule has 1 aromatic heterocycles. The number of hydrogen-bond donors (Lipinski definition) is 0. The van der Waals surface area contributed by atoms with Crippen LogP contribution in [0.2, 0.25) is 0 Å². The minimum atomic E-state index is -3.04. The Balaban J connectivity index is 1.32. The van der Waals surface area contributed by atoms with Gasteiger partial charge < -0.3 is 0 Å². The summed E-state index contributed by atoms with van der Waals surface area (Å²) in [4.78, 5) is 8.70. The molecule has 2 aliphatic carbocycles. The van der Waals surface area contributed by atoms with E-state index in [1.165, 1.54) is 28.4 Å². The van der Waals surface area contributed by atoms with E-state index in [0.717, 1.165) is 51.7 Å². The topological polar surface area (TPSA) is 53.5 Å². The van der Waals surface area contributed by atoms with Gasteiger partial charge >= 0.3 is 0 Å². The summed E-state index contributed by atoms with van der Waals surface area (Å²) in [6.45, 7) is 2.88. The van der Waals surface area contributed by atoms with Crippen LogP contribution in [0.4, 0.5) is 0 Å². The Kier molecular flexibility index (Phi) is 4.24. The molecule has 0 unspecified atom stereocenters. The van der Waals surface area contributed by atoms with Gasteiger partial charge in [0.15, 0.2) is 0 Å². The molecule has 1 saturated heterocycles. The normalized spacial score (nSPS) is 23.6. The summed E-state index contributed by atoms with van der Waals surface area (Å²) in [5.74, 6) is 0. The third-order valence-corrected chi connectivity index (χ3v) is 8.97. The number of fused-ring (bicyclic) bond motifs is 1. The molecule has 0 radical (unpaired) electrons. The number of rotatable bonds is 5. The molecule has 23 heavy (non-hydrogen) atoms. The van der Waals surface area contributed by atoms with Crippen LogP contribution in [0.15, 0.2) is 0 Å². The Bertz CT molecular complexity index is 652. The van der Waals surface area contributed by atoms with E-state index in [0.29, 0.717) is 0 Å². The second kappa shape index (κ2) is 6.10. The van der Waals surface area contributed by atoms with Crippen LogP contribution in [0.3, 0.4) is 0 Å². The van der Waals surface area contributed by atoms with E-state index in [9.17, 15) is 8.42 Å². The summed E-state index contributed by atoms with van der Waals surface area (Å²) >= 11 is 1.88. The van der Waals surface area contributed by atoms with Gasteiger partial charge in [-0.2, -0.15) is 0 Å². The summed E-state index contributed by atoms with van der Waals surface area (Å²) in [6, 6.07) is 0.179. The lowest BCUT2D eigenvalue weighted by Crippen LogP contribution is -2.46. The smallest absolute Gasteiger partial charge is 0.216 e. The average Bonchev–Trinajstić information content (AvgIpc) is 3.21. The van der Waals surface area contributed by atoms with Crippen molar-refractivity contribution in [2.24, 2.45) is 0 Å². The van der Waals surface area contributed by atoms with Crippen LogP contribution in [-0.4, -0.2) is 54.0 Å². The zero-order valence-corrected chi connectivity index (χ0v) is 15.3. The number of sulfonamides is 1. The standard InChI is InChI=1S/C16H25N3O2S2/c1-18(23(20,21)13-5-6-13)12-7-9-19(10-8-12)11-16-17-14-3-2-4-15(14)22-16/h12-13H,2-11H2,1H3. The number of hydrogen-bond acceptors (Lipinski definition) is 5. The van der Waals surface area contributed by atoms with Gasteiger partial charge in [-0.25, -0.2) is 17.7 Å². The maximum atomic E-state index is 12.3. The summed E-state index contributed by atoms with van der Waals surface area (Å²) in [5.41, 5.74) is 1.33. The highest BCUT2D eigenvalue weighted by Gasteiger charge is 2.41. The van der Waals surface area contributed by atoms with Crippen molar-refractivity contribution in [1.29, 1.82) is 0 Å². The summed E-state index contributed by atoms with van der Waals surface area (Å²) in [7, 11) is -1.26. The molecule has 2 fully saturated rings. The van der Waals surface area contributed by atoms with Crippen molar-refractivity contribution in [2.75, 3.05) is 20.1 Å². The van der Waals surface area contributed by atoms with Gasteiger partial charge in [-0.3, -0.25) is 4.90 Å². The number of piperidine rings is 1. The molecular formula is C16H25N3O2S2. The van der Waals surface area contributed by atoms with Crippen molar-refractivity contribution in [2.45, 2.75) is 62.8 Å². The zero-order chi connectivity index (χ0) is 16.0. The highest BCUT2D eigenvalue weighted by molar-refractivity contribution is 7.90. The van der Waals surface area contributed by atoms with Gasteiger partial charge in [-0.1, -0.05) is 0 Å². The fraction of sp³-hybridized carbons (Fsp3) is 0.812. The molecule has 128 valence electrons. The quantitative estimate of drug-likeness (QED) is 0.811. The summed E-state index contributed by atoms with van der Waals surface area (Å²) in [6.07, 6.45) is 7.19. The van der Waals surface area contributed by atoms with Crippen LogP contribution in [-0.2, 0) is 29.4 Å². The molecule has 4 rings (SSSR count). The summed E-state index contributed by atoms with van der Waals surface area (Å²) in [5, 5.41) is 1.15. The highest BCUT2D eigenvalue weighted by Crippen LogP contribution is 2.33. The Morgan fingerprint density at radius 1 is 1.22 bits per heavy atom. The van der Waals surface area contributed by atoms with Crippen LogP contribution >= 0.6 is 11.3 Å². The van der Waals surface area contributed by atoms with Crippen molar-refractivity contribution >= 4 is 21.4 Å². The molecule has 0 bridgehead atoms. The third kappa shape index (κ3) is 3.21. The Morgan fingerprint density at radius 2 is 1.96 bits per heavy atom. The molecule has 1 aromatic rings. The van der Waals surface area contributed by atoms with Gasteiger partial charge in [-0.05, 0) is 44.9 Å². The molecular weight excluding hydrogens is 330 g/mol. The number of thiazole rings is 1. The highest BCUT2D eigenvalue weighted by atomic mass is 32.2. The summed E-state index contributed by atoms with van der Waals surface area (Å²) < 4.78 is 26.4. The second-order valence-electron chi connectivity index (χ2n) is 7.10. The van der Waals surface area contributed by atoms with Crippen LogP contribution < -0.4 is 0 Å². The van der Waals surface area contributed by atoms with Crippen LogP contribution in [0.5, 0.6) is 0 Å². The van der Waals surface area contributed by atoms with Crippen molar-refractivity contribution in [3.63, 3.8) is 0 Å². The van der Waals surface area contributed by atoms with Gasteiger partial charge in [-0.15, -0.1) is 11.3 Å². The van der Waals surface area contributed by atoms with Gasteiger partial charge in [0, 0.05) is 31.1 Å². The fourth-order valence-corrected chi connectivity index (χ4v) is 6.78. The van der Waals surface area contributed by atoms with Crippen molar-refractivity contribution in [3.05, 3.63) is 15.6 Å². The molecule has 0 spiro atoms. The lowest BCUT2D eigenvalue weighted by molar-refractivity contribution is 0.163. The Hall–Kier alpha value is -0.500. The zero-order valence-electron chi connectivity index (χ0n) is 13.7. The van der Waals surface area contributed by atoms with Crippen molar-refractivity contribution in [1.82, 2.24) is 14.2 Å². The molecule has 1 aliphatic heterocycles. The van der Waals surface area contributed by atoms with E-state index in [1.54, 1.807) is 11.4 Å². The third-order valence-electron chi connectivity index (χ3n) is 5.42. The lowest BCUT2D eigenvalue weighted by Gasteiger charge is -2.35. The van der Waals surface area contributed by atoms with Crippen LogP contribution in [0.1, 0.15) is 47.7 Å². The molecule has 0 N–H and O–H groups in total. The molecule has 5 nitrogen and oxygen atoms in total. The molecule has 0 amide bonds. The van der Waals surface area contributed by atoms with E-state index in [2.05, 4.69) is 4.90 Å². The first-order valence-corrected chi connectivity index (χ1v) is 11.0. The van der Waals surface area contributed by atoms with Crippen LogP contribution in [0.25, 0.3) is 0 Å². The maximum absolute atomic E-state index is 12.3. The second-order valence-corrected chi connectivity index (χ2v) is 10.5. The number of nitrogens with zero attached hydrogens (tertiary/aromatic N) is 3.